The van der Waals surface area contributed by atoms with Crippen LogP contribution in [0, 0.1) is 0 Å². The number of para-hydroxylation sites is 1. The number of hydrogen-bond donors (Lipinski definition) is 0. The van der Waals surface area contributed by atoms with Crippen molar-refractivity contribution in [3.8, 4) is 11.5 Å². The van der Waals surface area contributed by atoms with Crippen LogP contribution in [0.4, 0.5) is 5.69 Å². The van der Waals surface area contributed by atoms with Crippen molar-refractivity contribution in [3.05, 3.63) is 93.5 Å². The molecule has 0 unspecified atom stereocenters. The number of hydrogen-bond acceptors (Lipinski definition) is 4. The van der Waals surface area contributed by atoms with Crippen LogP contribution < -0.4 is 14.5 Å². The molecule has 5 nitrogen and oxygen atoms in total. The average molecular weight is 467 g/mol. The van der Waals surface area contributed by atoms with E-state index in [1.54, 1.807) is 44.4 Å². The van der Waals surface area contributed by atoms with Crippen LogP contribution in [0.5, 0.6) is 11.5 Å². The lowest BCUT2D eigenvalue weighted by atomic mass is 10.1. The van der Waals surface area contributed by atoms with Gasteiger partial charge in [0.15, 0.2) is 11.5 Å². The molecular formula is C25H20Cl2N2O3. The van der Waals surface area contributed by atoms with Gasteiger partial charge < -0.3 is 9.47 Å². The summed E-state index contributed by atoms with van der Waals surface area (Å²) in [5, 5.41) is 6.81. The van der Waals surface area contributed by atoms with Gasteiger partial charge >= 0.3 is 0 Å². The number of carbonyl (C=O) groups excluding carboxylic acids is 1. The number of rotatable bonds is 6. The first-order valence-corrected chi connectivity index (χ1v) is 10.6. The highest BCUT2D eigenvalue weighted by molar-refractivity contribution is 6.37. The maximum Gasteiger partial charge on any atom is 0.280 e. The molecule has 0 aliphatic carbocycles. The third-order valence-corrected chi connectivity index (χ3v) is 5.67. The molecule has 0 spiro atoms. The molecule has 0 fully saturated rings. The van der Waals surface area contributed by atoms with Crippen LogP contribution in [0.2, 0.25) is 10.0 Å². The zero-order valence-corrected chi connectivity index (χ0v) is 19.0. The van der Waals surface area contributed by atoms with E-state index in [1.165, 1.54) is 5.01 Å². The molecule has 162 valence electrons. The van der Waals surface area contributed by atoms with E-state index in [0.717, 1.165) is 11.1 Å². The summed E-state index contributed by atoms with van der Waals surface area (Å²) in [6.07, 6.45) is 1.78. The molecule has 1 aliphatic heterocycles. The van der Waals surface area contributed by atoms with E-state index in [4.69, 9.17) is 32.7 Å². The molecule has 3 aromatic carbocycles. The number of benzene rings is 3. The van der Waals surface area contributed by atoms with E-state index in [0.29, 0.717) is 45.1 Å². The van der Waals surface area contributed by atoms with E-state index in [1.807, 2.05) is 42.5 Å². The van der Waals surface area contributed by atoms with Crippen LogP contribution in [-0.4, -0.2) is 18.7 Å². The molecule has 0 aromatic heterocycles. The molecular weight excluding hydrogens is 447 g/mol. The highest BCUT2D eigenvalue weighted by Gasteiger charge is 2.29. The zero-order chi connectivity index (χ0) is 22.7. The Bertz CT molecular complexity index is 1240. The van der Waals surface area contributed by atoms with Gasteiger partial charge in [-0.1, -0.05) is 59.6 Å². The first kappa shape index (κ1) is 21.9. The number of amides is 1. The summed E-state index contributed by atoms with van der Waals surface area (Å²) in [4.78, 5) is 13.0. The zero-order valence-electron chi connectivity index (χ0n) is 17.5. The van der Waals surface area contributed by atoms with Crippen molar-refractivity contribution in [3.63, 3.8) is 0 Å². The van der Waals surface area contributed by atoms with Crippen molar-refractivity contribution < 1.29 is 14.3 Å². The Morgan fingerprint density at radius 1 is 0.969 bits per heavy atom. The van der Waals surface area contributed by atoms with Crippen molar-refractivity contribution in [1.29, 1.82) is 0 Å². The van der Waals surface area contributed by atoms with Crippen LogP contribution in [0.15, 0.2) is 77.4 Å². The lowest BCUT2D eigenvalue weighted by molar-refractivity contribution is -0.114. The standard InChI is InChI=1S/C25H20Cl2N2O3/c1-16-19(25(30)29(28-16)22-10-6-5-9-21(22)27)13-17-11-12-23(24(14-17)31-2)32-15-18-7-3-4-8-20(18)26/h3-14H,15H2,1-2H3/b19-13-. The van der Waals surface area contributed by atoms with E-state index in [9.17, 15) is 4.79 Å². The monoisotopic (exact) mass is 466 g/mol. The van der Waals surface area contributed by atoms with Crippen LogP contribution in [0.1, 0.15) is 18.1 Å². The molecule has 0 saturated heterocycles. The predicted molar refractivity (Wildman–Crippen MR) is 129 cm³/mol. The van der Waals surface area contributed by atoms with Crippen molar-refractivity contribution >= 4 is 46.6 Å². The van der Waals surface area contributed by atoms with Crippen LogP contribution in [-0.2, 0) is 11.4 Å². The average Bonchev–Trinajstić information content (AvgIpc) is 3.07. The largest absolute Gasteiger partial charge is 0.493 e. The molecule has 0 N–H and O–H groups in total. The topological polar surface area (TPSA) is 51.1 Å². The van der Waals surface area contributed by atoms with Gasteiger partial charge in [0.2, 0.25) is 0 Å². The Kier molecular flexibility index (Phi) is 6.49. The fourth-order valence-corrected chi connectivity index (χ4v) is 3.71. The molecule has 4 rings (SSSR count). The second kappa shape index (κ2) is 9.47. The fourth-order valence-electron chi connectivity index (χ4n) is 3.30. The number of nitrogens with zero attached hydrogens (tertiary/aromatic N) is 2. The molecule has 0 atom stereocenters. The quantitative estimate of drug-likeness (QED) is 0.395. The van der Waals surface area contributed by atoms with Crippen molar-refractivity contribution in [1.82, 2.24) is 0 Å². The lowest BCUT2D eigenvalue weighted by Crippen LogP contribution is -2.21. The van der Waals surface area contributed by atoms with Gasteiger partial charge in [-0.05, 0) is 48.9 Å². The second-order valence-corrected chi connectivity index (χ2v) is 7.92. The lowest BCUT2D eigenvalue weighted by Gasteiger charge is -2.13. The highest BCUT2D eigenvalue weighted by atomic mass is 35.5. The van der Waals surface area contributed by atoms with Gasteiger partial charge in [-0.15, -0.1) is 0 Å². The SMILES string of the molecule is COc1cc(/C=C2\C(=O)N(c3ccccc3Cl)N=C2C)ccc1OCc1ccccc1Cl. The minimum Gasteiger partial charge on any atom is -0.493 e. The van der Waals surface area contributed by atoms with E-state index < -0.39 is 0 Å². The first-order chi connectivity index (χ1) is 15.5. The number of ether oxygens (including phenoxy) is 2. The molecule has 7 heteroatoms. The summed E-state index contributed by atoms with van der Waals surface area (Å²) in [5.74, 6) is 0.887. The van der Waals surface area contributed by atoms with Gasteiger partial charge in [-0.2, -0.15) is 10.1 Å². The molecule has 0 radical (unpaired) electrons. The molecule has 0 saturated carbocycles. The number of anilines is 1. The van der Waals surface area contributed by atoms with Gasteiger partial charge in [0, 0.05) is 10.6 Å². The van der Waals surface area contributed by atoms with Gasteiger partial charge in [0.05, 0.1) is 29.1 Å². The summed E-state index contributed by atoms with van der Waals surface area (Å²) in [6.45, 7) is 2.10. The normalized spacial score (nSPS) is 14.6. The molecule has 3 aromatic rings. The number of hydrazone groups is 1. The van der Waals surface area contributed by atoms with E-state index >= 15 is 0 Å². The Hall–Kier alpha value is -3.28. The van der Waals surface area contributed by atoms with Crippen molar-refractivity contribution in [2.45, 2.75) is 13.5 Å². The maximum atomic E-state index is 13.0. The van der Waals surface area contributed by atoms with Gasteiger partial charge in [-0.25, -0.2) is 0 Å². The smallest absolute Gasteiger partial charge is 0.280 e. The summed E-state index contributed by atoms with van der Waals surface area (Å²) >= 11 is 12.4. The molecule has 32 heavy (non-hydrogen) atoms. The highest BCUT2D eigenvalue weighted by Crippen LogP contribution is 2.33. The second-order valence-electron chi connectivity index (χ2n) is 7.10. The van der Waals surface area contributed by atoms with Crippen LogP contribution in [0.25, 0.3) is 6.08 Å². The summed E-state index contributed by atoms with van der Waals surface area (Å²) in [5.41, 5.74) is 3.30. The third kappa shape index (κ3) is 4.49. The fraction of sp³-hybridized carbons (Fsp3) is 0.120. The van der Waals surface area contributed by atoms with E-state index in [2.05, 4.69) is 5.10 Å². The van der Waals surface area contributed by atoms with Gasteiger partial charge in [0.25, 0.3) is 5.91 Å². The minimum atomic E-state index is -0.242. The first-order valence-electron chi connectivity index (χ1n) is 9.88. The Morgan fingerprint density at radius 2 is 1.69 bits per heavy atom. The van der Waals surface area contributed by atoms with Gasteiger partial charge in [-0.3, -0.25) is 4.79 Å². The Morgan fingerprint density at radius 3 is 2.41 bits per heavy atom. The Balaban J connectivity index is 1.56. The number of halogens is 2. The van der Waals surface area contributed by atoms with Crippen LogP contribution in [0.3, 0.4) is 0 Å². The minimum absolute atomic E-state index is 0.242. The van der Waals surface area contributed by atoms with Crippen LogP contribution >= 0.6 is 23.2 Å². The summed E-state index contributed by atoms with van der Waals surface area (Å²) in [7, 11) is 1.57. The van der Waals surface area contributed by atoms with Crippen molar-refractivity contribution in [2.75, 3.05) is 12.1 Å². The van der Waals surface area contributed by atoms with E-state index in [-0.39, 0.29) is 5.91 Å². The molecule has 1 heterocycles. The number of methoxy groups -OCH3 is 1. The summed E-state index contributed by atoms with van der Waals surface area (Å²) < 4.78 is 11.4. The molecule has 0 bridgehead atoms. The maximum absolute atomic E-state index is 13.0. The Labute approximate surface area is 196 Å². The molecule has 1 amide bonds. The summed E-state index contributed by atoms with van der Waals surface area (Å²) in [6, 6.07) is 20.1. The number of carbonyl (C=O) groups is 1. The van der Waals surface area contributed by atoms with Gasteiger partial charge in [0.1, 0.15) is 6.61 Å². The third-order valence-electron chi connectivity index (χ3n) is 4.98. The predicted octanol–water partition coefficient (Wildman–Crippen LogP) is 6.39. The van der Waals surface area contributed by atoms with Crippen molar-refractivity contribution in [2.24, 2.45) is 5.10 Å². The molecule has 1 aliphatic rings.